The van der Waals surface area contributed by atoms with Crippen LogP contribution in [0.25, 0.3) is 0 Å². The first-order valence-electron chi connectivity index (χ1n) is 7.21. The summed E-state index contributed by atoms with van der Waals surface area (Å²) in [5.41, 5.74) is 1.05. The van der Waals surface area contributed by atoms with Gasteiger partial charge >= 0.3 is 0 Å². The van der Waals surface area contributed by atoms with E-state index in [1.807, 2.05) is 22.6 Å². The maximum atomic E-state index is 4.47. The Labute approximate surface area is 120 Å². The van der Waals surface area contributed by atoms with Crippen LogP contribution in [0, 0.1) is 0 Å². The molecule has 0 amide bonds. The predicted octanol–water partition coefficient (Wildman–Crippen LogP) is 1.88. The van der Waals surface area contributed by atoms with E-state index in [4.69, 9.17) is 0 Å². The van der Waals surface area contributed by atoms with Gasteiger partial charge in [0, 0.05) is 25.7 Å². The second kappa shape index (κ2) is 6.65. The van der Waals surface area contributed by atoms with Crippen LogP contribution in [0.2, 0.25) is 0 Å². The fraction of sp³-hybridized carbons (Fsp3) is 0.643. The molecule has 2 rings (SSSR count). The molecule has 0 saturated heterocycles. The van der Waals surface area contributed by atoms with Gasteiger partial charge in [-0.15, -0.1) is 0 Å². The molecule has 0 saturated carbocycles. The monoisotopic (exact) mass is 276 g/mol. The van der Waals surface area contributed by atoms with E-state index in [9.17, 15) is 0 Å². The normalized spacial score (nSPS) is 13.1. The molecule has 0 aliphatic rings. The van der Waals surface area contributed by atoms with Crippen molar-refractivity contribution in [3.8, 4) is 0 Å². The van der Waals surface area contributed by atoms with Gasteiger partial charge < -0.3 is 9.88 Å². The topological polar surface area (TPSA) is 60.6 Å². The van der Waals surface area contributed by atoms with E-state index in [0.717, 1.165) is 30.9 Å². The fourth-order valence-electron chi connectivity index (χ4n) is 2.25. The van der Waals surface area contributed by atoms with Crippen molar-refractivity contribution in [1.82, 2.24) is 29.6 Å². The van der Waals surface area contributed by atoms with Crippen LogP contribution in [0.3, 0.4) is 0 Å². The van der Waals surface area contributed by atoms with Gasteiger partial charge in [-0.2, -0.15) is 5.10 Å². The highest BCUT2D eigenvalue weighted by atomic mass is 15.3. The molecule has 0 aliphatic heterocycles. The first-order chi connectivity index (χ1) is 9.61. The van der Waals surface area contributed by atoms with Gasteiger partial charge in [-0.05, 0) is 26.8 Å². The number of rotatable bonds is 7. The Kier molecular flexibility index (Phi) is 4.89. The Balaban J connectivity index is 2.17. The summed E-state index contributed by atoms with van der Waals surface area (Å²) in [6.45, 7) is 7.37. The summed E-state index contributed by atoms with van der Waals surface area (Å²) in [5, 5.41) is 7.85. The van der Waals surface area contributed by atoms with Crippen molar-refractivity contribution in [2.75, 3.05) is 6.54 Å². The van der Waals surface area contributed by atoms with Crippen molar-refractivity contribution in [3.63, 3.8) is 0 Å². The first kappa shape index (κ1) is 14.7. The Morgan fingerprint density at radius 2 is 2.10 bits per heavy atom. The van der Waals surface area contributed by atoms with Crippen LogP contribution in [0.1, 0.15) is 50.8 Å². The zero-order valence-electron chi connectivity index (χ0n) is 12.7. The highest BCUT2D eigenvalue weighted by Crippen LogP contribution is 2.17. The number of imidazole rings is 1. The third-order valence-corrected chi connectivity index (χ3v) is 3.25. The van der Waals surface area contributed by atoms with E-state index in [-0.39, 0.29) is 6.04 Å². The quantitative estimate of drug-likeness (QED) is 0.838. The van der Waals surface area contributed by atoms with Gasteiger partial charge in [-0.1, -0.05) is 6.92 Å². The predicted molar refractivity (Wildman–Crippen MR) is 78.4 cm³/mol. The zero-order valence-corrected chi connectivity index (χ0v) is 12.7. The molecule has 2 heterocycles. The molecule has 1 atom stereocenters. The van der Waals surface area contributed by atoms with Crippen LogP contribution >= 0.6 is 0 Å². The second-order valence-electron chi connectivity index (χ2n) is 5.39. The van der Waals surface area contributed by atoms with Crippen molar-refractivity contribution in [3.05, 3.63) is 30.4 Å². The van der Waals surface area contributed by atoms with E-state index < -0.39 is 0 Å². The van der Waals surface area contributed by atoms with Crippen molar-refractivity contribution in [2.24, 2.45) is 7.05 Å². The SMILES string of the molecule is CCCNC(Cc1ncnn1C(C)C)c1cn(C)cn1. The molecule has 0 aromatic carbocycles. The van der Waals surface area contributed by atoms with E-state index in [0.29, 0.717) is 6.04 Å². The summed E-state index contributed by atoms with van der Waals surface area (Å²) in [5.74, 6) is 0.999. The van der Waals surface area contributed by atoms with Crippen LogP contribution in [0.4, 0.5) is 0 Å². The number of nitrogens with one attached hydrogen (secondary N) is 1. The maximum Gasteiger partial charge on any atom is 0.138 e. The lowest BCUT2D eigenvalue weighted by molar-refractivity contribution is 0.459. The third-order valence-electron chi connectivity index (χ3n) is 3.25. The van der Waals surface area contributed by atoms with Gasteiger partial charge in [0.25, 0.3) is 0 Å². The summed E-state index contributed by atoms with van der Waals surface area (Å²) in [4.78, 5) is 8.86. The molecule has 0 aliphatic carbocycles. The molecule has 110 valence electrons. The Hall–Kier alpha value is -1.69. The first-order valence-corrected chi connectivity index (χ1v) is 7.21. The lowest BCUT2D eigenvalue weighted by Crippen LogP contribution is -2.26. The largest absolute Gasteiger partial charge is 0.340 e. The number of aryl methyl sites for hydroxylation is 1. The van der Waals surface area contributed by atoms with Crippen LogP contribution in [-0.4, -0.2) is 30.9 Å². The molecule has 20 heavy (non-hydrogen) atoms. The smallest absolute Gasteiger partial charge is 0.138 e. The second-order valence-corrected chi connectivity index (χ2v) is 5.39. The minimum atomic E-state index is 0.179. The van der Waals surface area contributed by atoms with Crippen molar-refractivity contribution in [1.29, 1.82) is 0 Å². The average Bonchev–Trinajstić information content (AvgIpc) is 3.03. The molecule has 6 nitrogen and oxygen atoms in total. The minimum absolute atomic E-state index is 0.179. The van der Waals surface area contributed by atoms with Crippen LogP contribution in [0.5, 0.6) is 0 Å². The molecule has 1 unspecified atom stereocenters. The van der Waals surface area contributed by atoms with Crippen molar-refractivity contribution < 1.29 is 0 Å². The number of aromatic nitrogens is 5. The van der Waals surface area contributed by atoms with Gasteiger partial charge in [0.05, 0.1) is 18.1 Å². The van der Waals surface area contributed by atoms with E-state index in [1.165, 1.54) is 0 Å². The molecular formula is C14H24N6. The molecule has 0 bridgehead atoms. The number of hydrogen-bond acceptors (Lipinski definition) is 4. The average molecular weight is 276 g/mol. The lowest BCUT2D eigenvalue weighted by atomic mass is 10.1. The molecule has 0 radical (unpaired) electrons. The third kappa shape index (κ3) is 3.45. The van der Waals surface area contributed by atoms with E-state index >= 15 is 0 Å². The Morgan fingerprint density at radius 1 is 1.30 bits per heavy atom. The van der Waals surface area contributed by atoms with Gasteiger partial charge in [-0.25, -0.2) is 14.6 Å². The molecule has 0 spiro atoms. The molecular weight excluding hydrogens is 252 g/mol. The van der Waals surface area contributed by atoms with Crippen molar-refractivity contribution >= 4 is 0 Å². The van der Waals surface area contributed by atoms with E-state index in [1.54, 1.807) is 6.33 Å². The van der Waals surface area contributed by atoms with Crippen LogP contribution in [-0.2, 0) is 13.5 Å². The van der Waals surface area contributed by atoms with Crippen LogP contribution < -0.4 is 5.32 Å². The zero-order chi connectivity index (χ0) is 14.5. The van der Waals surface area contributed by atoms with Crippen molar-refractivity contribution in [2.45, 2.75) is 45.7 Å². The summed E-state index contributed by atoms with van der Waals surface area (Å²) >= 11 is 0. The Bertz CT molecular complexity index is 527. The van der Waals surface area contributed by atoms with E-state index in [2.05, 4.69) is 47.4 Å². The summed E-state index contributed by atoms with van der Waals surface area (Å²) in [6.07, 6.45) is 7.42. The molecule has 1 N–H and O–H groups in total. The van der Waals surface area contributed by atoms with Gasteiger partial charge in [0.2, 0.25) is 0 Å². The van der Waals surface area contributed by atoms with Gasteiger partial charge in [0.1, 0.15) is 12.2 Å². The molecule has 2 aromatic heterocycles. The maximum absolute atomic E-state index is 4.47. The summed E-state index contributed by atoms with van der Waals surface area (Å²) in [7, 11) is 1.99. The molecule has 6 heteroatoms. The summed E-state index contributed by atoms with van der Waals surface area (Å²) in [6, 6.07) is 0.501. The molecule has 2 aromatic rings. The minimum Gasteiger partial charge on any atom is -0.340 e. The molecule has 0 fully saturated rings. The van der Waals surface area contributed by atoms with Crippen LogP contribution in [0.15, 0.2) is 18.9 Å². The fourth-order valence-corrected chi connectivity index (χ4v) is 2.25. The van der Waals surface area contributed by atoms with Gasteiger partial charge in [-0.3, -0.25) is 0 Å². The Morgan fingerprint density at radius 3 is 2.70 bits per heavy atom. The lowest BCUT2D eigenvalue weighted by Gasteiger charge is -2.17. The van der Waals surface area contributed by atoms with Gasteiger partial charge in [0.15, 0.2) is 0 Å². The number of hydrogen-bond donors (Lipinski definition) is 1. The summed E-state index contributed by atoms with van der Waals surface area (Å²) < 4.78 is 3.95. The number of nitrogens with zero attached hydrogens (tertiary/aromatic N) is 5. The highest BCUT2D eigenvalue weighted by molar-refractivity contribution is 5.07. The highest BCUT2D eigenvalue weighted by Gasteiger charge is 2.18. The standard InChI is InChI=1S/C14H24N6/c1-5-6-15-12(13-8-19(4)10-17-13)7-14-16-9-18-20(14)11(2)3/h8-12,15H,5-7H2,1-4H3.